The third-order valence-corrected chi connectivity index (χ3v) is 3.38. The molecule has 0 radical (unpaired) electrons. The predicted molar refractivity (Wildman–Crippen MR) is 78.1 cm³/mol. The van der Waals surface area contributed by atoms with Gasteiger partial charge < -0.3 is 20.7 Å². The fourth-order valence-electron chi connectivity index (χ4n) is 1.64. The Morgan fingerprint density at radius 1 is 1.45 bits per heavy atom. The molecule has 1 amide bonds. The average Bonchev–Trinajstić information content (AvgIpc) is 2.86. The van der Waals surface area contributed by atoms with Gasteiger partial charge in [-0.25, -0.2) is 0 Å². The van der Waals surface area contributed by atoms with Crippen molar-refractivity contribution in [2.75, 3.05) is 5.32 Å². The number of furan rings is 1. The number of nitrogens with two attached hydrogens (primary N) is 1. The average molecular weight is 338 g/mol. The van der Waals surface area contributed by atoms with Crippen molar-refractivity contribution in [2.24, 2.45) is 10.9 Å². The van der Waals surface area contributed by atoms with Crippen LogP contribution in [0.2, 0.25) is 0 Å². The maximum absolute atomic E-state index is 12.0. The van der Waals surface area contributed by atoms with Crippen LogP contribution in [0.1, 0.15) is 21.7 Å². The number of carbonyl (C=O) groups is 1. The monoisotopic (exact) mass is 337 g/mol. The number of amides is 1. The van der Waals surface area contributed by atoms with Crippen molar-refractivity contribution < 1.29 is 14.4 Å². The van der Waals surface area contributed by atoms with E-state index in [0.29, 0.717) is 27.0 Å². The molecule has 104 valence electrons. The molecule has 0 spiro atoms. The van der Waals surface area contributed by atoms with Gasteiger partial charge in [-0.05, 0) is 47.1 Å². The Bertz CT molecular complexity index is 679. The molecule has 0 saturated carbocycles. The molecule has 0 aliphatic heterocycles. The van der Waals surface area contributed by atoms with Crippen molar-refractivity contribution in [3.63, 3.8) is 0 Å². The molecule has 0 unspecified atom stereocenters. The van der Waals surface area contributed by atoms with Crippen molar-refractivity contribution in [1.82, 2.24) is 0 Å². The molecule has 0 aliphatic rings. The van der Waals surface area contributed by atoms with Gasteiger partial charge >= 0.3 is 0 Å². The molecule has 4 N–H and O–H groups in total. The van der Waals surface area contributed by atoms with Crippen molar-refractivity contribution in [2.45, 2.75) is 6.92 Å². The molecular weight excluding hydrogens is 326 g/mol. The highest BCUT2D eigenvalue weighted by Crippen LogP contribution is 2.24. The van der Waals surface area contributed by atoms with E-state index in [1.807, 2.05) is 0 Å². The van der Waals surface area contributed by atoms with E-state index in [9.17, 15) is 4.79 Å². The van der Waals surface area contributed by atoms with E-state index in [1.165, 1.54) is 6.26 Å². The van der Waals surface area contributed by atoms with Crippen LogP contribution >= 0.6 is 15.9 Å². The first-order valence-electron chi connectivity index (χ1n) is 5.66. The molecule has 0 aliphatic carbocycles. The lowest BCUT2D eigenvalue weighted by Crippen LogP contribution is -2.15. The summed E-state index contributed by atoms with van der Waals surface area (Å²) in [6.45, 7) is 1.71. The van der Waals surface area contributed by atoms with E-state index in [4.69, 9.17) is 15.4 Å². The molecule has 0 bridgehead atoms. The summed E-state index contributed by atoms with van der Waals surface area (Å²) in [5.74, 6) is 0.273. The lowest BCUT2D eigenvalue weighted by Gasteiger charge is -2.08. The Morgan fingerprint density at radius 2 is 2.20 bits per heavy atom. The maximum Gasteiger partial charge on any atom is 0.259 e. The van der Waals surface area contributed by atoms with Crippen LogP contribution in [0.25, 0.3) is 0 Å². The molecule has 0 atom stereocenters. The van der Waals surface area contributed by atoms with Crippen molar-refractivity contribution in [3.05, 3.63) is 51.9 Å². The van der Waals surface area contributed by atoms with E-state index in [-0.39, 0.29) is 11.7 Å². The summed E-state index contributed by atoms with van der Waals surface area (Å²) in [4.78, 5) is 12.0. The summed E-state index contributed by atoms with van der Waals surface area (Å²) in [7, 11) is 0. The second-order valence-corrected chi connectivity index (χ2v) is 4.88. The molecule has 6 nitrogen and oxygen atoms in total. The minimum absolute atomic E-state index is 0.00532. The molecule has 20 heavy (non-hydrogen) atoms. The van der Waals surface area contributed by atoms with Gasteiger partial charge in [-0.1, -0.05) is 5.16 Å². The van der Waals surface area contributed by atoms with Gasteiger partial charge in [0, 0.05) is 10.0 Å². The number of carbonyl (C=O) groups excluding carboxylic acids is 1. The standard InChI is InChI=1S/C13H12BrN3O3/c1-7-9(4-5-20-7)13(18)16-11-3-2-8(6-10(11)14)12(15)17-19/h2-6,19H,1H3,(H2,15,17)(H,16,18). The van der Waals surface area contributed by atoms with E-state index in [2.05, 4.69) is 26.4 Å². The molecule has 7 heteroatoms. The highest BCUT2D eigenvalue weighted by molar-refractivity contribution is 9.10. The molecule has 0 saturated heterocycles. The van der Waals surface area contributed by atoms with E-state index in [0.717, 1.165) is 0 Å². The number of oxime groups is 1. The zero-order valence-corrected chi connectivity index (χ0v) is 12.1. The van der Waals surface area contributed by atoms with Crippen LogP contribution in [0.5, 0.6) is 0 Å². The van der Waals surface area contributed by atoms with Crippen molar-refractivity contribution in [1.29, 1.82) is 0 Å². The Morgan fingerprint density at radius 3 is 2.75 bits per heavy atom. The normalized spacial score (nSPS) is 11.4. The minimum atomic E-state index is -0.270. The SMILES string of the molecule is Cc1occc1C(=O)Nc1ccc(/C(N)=N/O)cc1Br. The number of anilines is 1. The maximum atomic E-state index is 12.0. The first-order chi connectivity index (χ1) is 9.52. The number of rotatable bonds is 3. The molecular formula is C13H12BrN3O3. The fraction of sp³-hybridized carbons (Fsp3) is 0.0769. The van der Waals surface area contributed by atoms with E-state index in [1.54, 1.807) is 31.2 Å². The zero-order chi connectivity index (χ0) is 14.7. The van der Waals surface area contributed by atoms with Gasteiger partial charge in [-0.15, -0.1) is 0 Å². The third kappa shape index (κ3) is 2.83. The molecule has 2 aromatic rings. The third-order valence-electron chi connectivity index (χ3n) is 2.72. The lowest BCUT2D eigenvalue weighted by molar-refractivity contribution is 0.102. The second kappa shape index (κ2) is 5.79. The summed E-state index contributed by atoms with van der Waals surface area (Å²) < 4.78 is 5.71. The van der Waals surface area contributed by atoms with Crippen LogP contribution < -0.4 is 11.1 Å². The van der Waals surface area contributed by atoms with E-state index < -0.39 is 0 Å². The largest absolute Gasteiger partial charge is 0.469 e. The molecule has 1 heterocycles. The molecule has 2 rings (SSSR count). The number of amidine groups is 1. The number of hydrogen-bond acceptors (Lipinski definition) is 4. The smallest absolute Gasteiger partial charge is 0.259 e. The molecule has 0 fully saturated rings. The van der Waals surface area contributed by atoms with Gasteiger partial charge in [-0.3, -0.25) is 4.79 Å². The van der Waals surface area contributed by atoms with Crippen LogP contribution in [0.4, 0.5) is 5.69 Å². The van der Waals surface area contributed by atoms with Crippen LogP contribution in [0.15, 0.2) is 44.6 Å². The minimum Gasteiger partial charge on any atom is -0.469 e. The molecule has 1 aromatic heterocycles. The first kappa shape index (κ1) is 14.1. The van der Waals surface area contributed by atoms with Gasteiger partial charge in [0.2, 0.25) is 0 Å². The van der Waals surface area contributed by atoms with Crippen LogP contribution in [-0.4, -0.2) is 17.0 Å². The quantitative estimate of drug-likeness (QED) is 0.347. The summed E-state index contributed by atoms with van der Waals surface area (Å²) >= 11 is 3.32. The van der Waals surface area contributed by atoms with Gasteiger partial charge in [0.25, 0.3) is 5.91 Å². The van der Waals surface area contributed by atoms with E-state index >= 15 is 0 Å². The van der Waals surface area contributed by atoms with Crippen LogP contribution in [0, 0.1) is 6.92 Å². The number of nitrogens with one attached hydrogen (secondary N) is 1. The van der Waals surface area contributed by atoms with Crippen LogP contribution in [-0.2, 0) is 0 Å². The Labute approximate surface area is 123 Å². The van der Waals surface area contributed by atoms with Crippen molar-refractivity contribution >= 4 is 33.4 Å². The number of aryl methyl sites for hydroxylation is 1. The van der Waals surface area contributed by atoms with Gasteiger partial charge in [-0.2, -0.15) is 0 Å². The molecule has 1 aromatic carbocycles. The van der Waals surface area contributed by atoms with Crippen LogP contribution in [0.3, 0.4) is 0 Å². The summed E-state index contributed by atoms with van der Waals surface area (Å²) in [5.41, 5.74) is 7.07. The number of benzene rings is 1. The van der Waals surface area contributed by atoms with Gasteiger partial charge in [0.05, 0.1) is 17.5 Å². The number of halogens is 1. The highest BCUT2D eigenvalue weighted by Gasteiger charge is 2.13. The second-order valence-electron chi connectivity index (χ2n) is 4.02. The number of nitrogens with zero attached hydrogens (tertiary/aromatic N) is 1. The van der Waals surface area contributed by atoms with Gasteiger partial charge in [0.1, 0.15) is 5.76 Å². The first-order valence-corrected chi connectivity index (χ1v) is 6.45. The lowest BCUT2D eigenvalue weighted by atomic mass is 10.2. The highest BCUT2D eigenvalue weighted by atomic mass is 79.9. The Hall–Kier alpha value is -2.28. The topological polar surface area (TPSA) is 101 Å². The summed E-state index contributed by atoms with van der Waals surface area (Å²) in [6.07, 6.45) is 1.46. The Balaban J connectivity index is 2.23. The zero-order valence-electron chi connectivity index (χ0n) is 10.6. The predicted octanol–water partition coefficient (Wildman–Crippen LogP) is 2.70. The Kier molecular flexibility index (Phi) is 4.09. The number of hydrogen-bond donors (Lipinski definition) is 3. The fourth-order valence-corrected chi connectivity index (χ4v) is 2.12. The summed E-state index contributed by atoms with van der Waals surface area (Å²) in [6, 6.07) is 6.54. The van der Waals surface area contributed by atoms with Gasteiger partial charge in [0.15, 0.2) is 5.84 Å². The van der Waals surface area contributed by atoms with Crippen molar-refractivity contribution in [3.8, 4) is 0 Å². The summed E-state index contributed by atoms with van der Waals surface area (Å²) in [5, 5.41) is 14.3.